The number of rotatable bonds is 6. The Kier molecular flexibility index (Phi) is 5.46. The summed E-state index contributed by atoms with van der Waals surface area (Å²) in [5, 5.41) is 0. The Morgan fingerprint density at radius 3 is 2.94 bits per heavy atom. The molecule has 0 unspecified atom stereocenters. The second kappa shape index (κ2) is 6.93. The molecule has 0 radical (unpaired) electrons. The molecule has 1 aromatic rings. The Morgan fingerprint density at radius 2 is 2.25 bits per heavy atom. The third-order valence-electron chi connectivity index (χ3n) is 2.22. The van der Waals surface area contributed by atoms with E-state index in [4.69, 9.17) is 4.74 Å². The third-order valence-corrected chi connectivity index (χ3v) is 2.22. The minimum atomic E-state index is -0.638. The molecule has 0 aromatic carbocycles. The van der Waals surface area contributed by atoms with Gasteiger partial charge >= 0.3 is 5.97 Å². The van der Waals surface area contributed by atoms with Crippen LogP contribution in [0.15, 0.2) is 18.5 Å². The van der Waals surface area contributed by atoms with Gasteiger partial charge in [0.05, 0.1) is 18.4 Å². The molecule has 3 nitrogen and oxygen atoms in total. The highest BCUT2D eigenvalue weighted by molar-refractivity contribution is 5.89. The van der Waals surface area contributed by atoms with Gasteiger partial charge in [0.15, 0.2) is 5.82 Å². The first-order valence-electron chi connectivity index (χ1n) is 5.52. The molecule has 1 heterocycles. The minimum Gasteiger partial charge on any atom is -0.462 e. The number of ether oxygens (including phenoxy) is 1. The predicted molar refractivity (Wildman–Crippen MR) is 58.6 cm³/mol. The van der Waals surface area contributed by atoms with Gasteiger partial charge in [0.1, 0.15) is 0 Å². The predicted octanol–water partition coefficient (Wildman–Crippen LogP) is 2.96. The molecule has 0 fully saturated rings. The van der Waals surface area contributed by atoms with Crippen molar-refractivity contribution in [3.63, 3.8) is 0 Å². The number of esters is 1. The number of pyridine rings is 1. The molecule has 0 saturated carbocycles. The smallest absolute Gasteiger partial charge is 0.341 e. The maximum atomic E-state index is 13.1. The monoisotopic (exact) mass is 225 g/mol. The molecule has 0 aliphatic rings. The van der Waals surface area contributed by atoms with E-state index in [1.807, 2.05) is 0 Å². The van der Waals surface area contributed by atoms with Crippen LogP contribution in [0.25, 0.3) is 0 Å². The van der Waals surface area contributed by atoms with Gasteiger partial charge in [-0.15, -0.1) is 0 Å². The number of halogens is 1. The van der Waals surface area contributed by atoms with Crippen molar-refractivity contribution in [2.24, 2.45) is 0 Å². The Labute approximate surface area is 94.6 Å². The number of aromatic nitrogens is 1. The molecular weight excluding hydrogens is 209 g/mol. The highest BCUT2D eigenvalue weighted by Crippen LogP contribution is 2.07. The zero-order valence-corrected chi connectivity index (χ0v) is 9.41. The van der Waals surface area contributed by atoms with E-state index in [9.17, 15) is 9.18 Å². The van der Waals surface area contributed by atoms with Crippen molar-refractivity contribution < 1.29 is 13.9 Å². The molecule has 0 amide bonds. The van der Waals surface area contributed by atoms with Gasteiger partial charge in [0.25, 0.3) is 0 Å². The maximum Gasteiger partial charge on any atom is 0.341 e. The fourth-order valence-electron chi connectivity index (χ4n) is 1.31. The van der Waals surface area contributed by atoms with Crippen LogP contribution in [0, 0.1) is 5.82 Å². The van der Waals surface area contributed by atoms with Crippen LogP contribution in [0.2, 0.25) is 0 Å². The summed E-state index contributed by atoms with van der Waals surface area (Å²) in [7, 11) is 0. The van der Waals surface area contributed by atoms with Gasteiger partial charge in [-0.05, 0) is 12.5 Å². The van der Waals surface area contributed by atoms with E-state index in [1.165, 1.54) is 12.3 Å². The fraction of sp³-hybridized carbons (Fsp3) is 0.500. The second-order valence-electron chi connectivity index (χ2n) is 3.55. The number of unbranched alkanes of at least 4 members (excludes halogenated alkanes) is 3. The molecule has 88 valence electrons. The van der Waals surface area contributed by atoms with Crippen LogP contribution >= 0.6 is 0 Å². The van der Waals surface area contributed by atoms with Gasteiger partial charge in [0, 0.05) is 6.20 Å². The van der Waals surface area contributed by atoms with E-state index < -0.39 is 11.8 Å². The number of nitrogens with zero attached hydrogens (tertiary/aromatic N) is 1. The summed E-state index contributed by atoms with van der Waals surface area (Å²) in [6, 6.07) is 1.32. The largest absolute Gasteiger partial charge is 0.462 e. The third kappa shape index (κ3) is 3.96. The van der Waals surface area contributed by atoms with Gasteiger partial charge < -0.3 is 4.74 Å². The first-order valence-corrected chi connectivity index (χ1v) is 5.52. The first kappa shape index (κ1) is 12.6. The number of hydrogen-bond acceptors (Lipinski definition) is 3. The quantitative estimate of drug-likeness (QED) is 0.552. The SMILES string of the molecule is CCCCCCOC(=O)c1ccncc1F. The lowest BCUT2D eigenvalue weighted by atomic mass is 10.2. The first-order chi connectivity index (χ1) is 7.75. The molecule has 1 aromatic heterocycles. The van der Waals surface area contributed by atoms with E-state index in [2.05, 4.69) is 11.9 Å². The maximum absolute atomic E-state index is 13.1. The van der Waals surface area contributed by atoms with E-state index >= 15 is 0 Å². The van der Waals surface area contributed by atoms with Crippen molar-refractivity contribution >= 4 is 5.97 Å². The van der Waals surface area contributed by atoms with Crippen molar-refractivity contribution in [1.82, 2.24) is 4.98 Å². The number of carbonyl (C=O) groups is 1. The lowest BCUT2D eigenvalue weighted by Crippen LogP contribution is -2.08. The van der Waals surface area contributed by atoms with Crippen molar-refractivity contribution in [3.05, 3.63) is 29.8 Å². The molecule has 0 aliphatic heterocycles. The van der Waals surface area contributed by atoms with Crippen LogP contribution < -0.4 is 0 Å². The van der Waals surface area contributed by atoms with Crippen LogP contribution in [-0.2, 0) is 4.74 Å². The highest BCUT2D eigenvalue weighted by Gasteiger charge is 2.11. The number of carbonyl (C=O) groups excluding carboxylic acids is 1. The van der Waals surface area contributed by atoms with Gasteiger partial charge in [-0.2, -0.15) is 0 Å². The van der Waals surface area contributed by atoms with Crippen LogP contribution in [0.4, 0.5) is 4.39 Å². The highest BCUT2D eigenvalue weighted by atomic mass is 19.1. The summed E-state index contributed by atoms with van der Waals surface area (Å²) in [4.78, 5) is 15.0. The van der Waals surface area contributed by atoms with Gasteiger partial charge in [-0.25, -0.2) is 9.18 Å². The summed E-state index contributed by atoms with van der Waals surface area (Å²) < 4.78 is 18.1. The van der Waals surface area contributed by atoms with E-state index in [1.54, 1.807) is 0 Å². The normalized spacial score (nSPS) is 10.1. The molecule has 1 rings (SSSR count). The Bertz CT molecular complexity index is 342. The summed E-state index contributed by atoms with van der Waals surface area (Å²) in [6.45, 7) is 2.46. The molecule has 4 heteroatoms. The number of hydrogen-bond donors (Lipinski definition) is 0. The van der Waals surface area contributed by atoms with Gasteiger partial charge in [0.2, 0.25) is 0 Å². The Balaban J connectivity index is 2.33. The van der Waals surface area contributed by atoms with Gasteiger partial charge in [-0.1, -0.05) is 26.2 Å². The molecule has 16 heavy (non-hydrogen) atoms. The van der Waals surface area contributed by atoms with Crippen LogP contribution in [0.1, 0.15) is 43.0 Å². The average Bonchev–Trinajstić information content (AvgIpc) is 2.29. The summed E-state index contributed by atoms with van der Waals surface area (Å²) in [5.74, 6) is -1.25. The van der Waals surface area contributed by atoms with Crippen molar-refractivity contribution in [3.8, 4) is 0 Å². The molecular formula is C12H16FNO2. The van der Waals surface area contributed by atoms with E-state index in [-0.39, 0.29) is 5.56 Å². The average molecular weight is 225 g/mol. The standard InChI is InChI=1S/C12H16FNO2/c1-2-3-4-5-8-16-12(15)10-6-7-14-9-11(10)13/h6-7,9H,2-5,8H2,1H3. The van der Waals surface area contributed by atoms with E-state index in [0.717, 1.165) is 31.9 Å². The summed E-state index contributed by atoms with van der Waals surface area (Å²) in [5.41, 5.74) is -0.0505. The minimum absolute atomic E-state index is 0.0505. The summed E-state index contributed by atoms with van der Waals surface area (Å²) in [6.07, 6.45) is 6.49. The lowest BCUT2D eigenvalue weighted by molar-refractivity contribution is 0.0492. The van der Waals surface area contributed by atoms with Crippen LogP contribution in [-0.4, -0.2) is 17.6 Å². The van der Waals surface area contributed by atoms with Crippen molar-refractivity contribution in [2.45, 2.75) is 32.6 Å². The molecule has 0 aliphatic carbocycles. The Hall–Kier alpha value is -1.45. The molecule has 0 spiro atoms. The fourth-order valence-corrected chi connectivity index (χ4v) is 1.31. The molecule has 0 saturated heterocycles. The topological polar surface area (TPSA) is 39.2 Å². The molecule has 0 N–H and O–H groups in total. The van der Waals surface area contributed by atoms with E-state index in [0.29, 0.717) is 6.61 Å². The van der Waals surface area contributed by atoms with Crippen molar-refractivity contribution in [1.29, 1.82) is 0 Å². The van der Waals surface area contributed by atoms with Crippen LogP contribution in [0.5, 0.6) is 0 Å². The summed E-state index contributed by atoms with van der Waals surface area (Å²) >= 11 is 0. The zero-order valence-electron chi connectivity index (χ0n) is 9.41. The molecule has 0 bridgehead atoms. The van der Waals surface area contributed by atoms with Crippen LogP contribution in [0.3, 0.4) is 0 Å². The Morgan fingerprint density at radius 1 is 1.44 bits per heavy atom. The molecule has 0 atom stereocenters. The van der Waals surface area contributed by atoms with Crippen molar-refractivity contribution in [2.75, 3.05) is 6.61 Å². The zero-order chi connectivity index (χ0) is 11.8. The lowest BCUT2D eigenvalue weighted by Gasteiger charge is -2.04. The second-order valence-corrected chi connectivity index (χ2v) is 3.55. The van der Waals surface area contributed by atoms with Gasteiger partial charge in [-0.3, -0.25) is 4.98 Å².